The second-order valence-electron chi connectivity index (χ2n) is 11.9. The van der Waals surface area contributed by atoms with E-state index in [0.29, 0.717) is 31.6 Å². The van der Waals surface area contributed by atoms with Crippen molar-refractivity contribution in [1.29, 1.82) is 0 Å². The van der Waals surface area contributed by atoms with Gasteiger partial charge in [0.2, 0.25) is 0 Å². The second kappa shape index (κ2) is 16.4. The summed E-state index contributed by atoms with van der Waals surface area (Å²) in [6, 6.07) is 15.2. The van der Waals surface area contributed by atoms with E-state index < -0.39 is 41.2 Å². The third-order valence-electron chi connectivity index (χ3n) is 8.75. The Hall–Kier alpha value is -5.23. The number of ether oxygens (including phenoxy) is 2. The molecule has 1 saturated heterocycles. The number of halogens is 4. The van der Waals surface area contributed by atoms with Crippen LogP contribution in [0.3, 0.4) is 0 Å². The molecule has 0 bridgehead atoms. The van der Waals surface area contributed by atoms with Crippen LogP contribution in [0.5, 0.6) is 0 Å². The maximum atomic E-state index is 14.6. The van der Waals surface area contributed by atoms with Crippen LogP contribution < -0.4 is 0 Å². The highest BCUT2D eigenvalue weighted by Crippen LogP contribution is 2.33. The van der Waals surface area contributed by atoms with Gasteiger partial charge in [0.1, 0.15) is 29.3 Å². The van der Waals surface area contributed by atoms with Gasteiger partial charge in [0.25, 0.3) is 0 Å². The number of fused-ring (bicyclic) bond motifs is 1. The molecule has 0 radical (unpaired) electrons. The minimum absolute atomic E-state index is 0.0117. The van der Waals surface area contributed by atoms with Crippen molar-refractivity contribution >= 4 is 23.4 Å². The summed E-state index contributed by atoms with van der Waals surface area (Å²) in [5.74, 6) is -4.51. The second-order valence-corrected chi connectivity index (χ2v) is 11.9. The van der Waals surface area contributed by atoms with Crippen molar-refractivity contribution in [3.8, 4) is 0 Å². The van der Waals surface area contributed by atoms with E-state index in [0.717, 1.165) is 53.1 Å². The van der Waals surface area contributed by atoms with E-state index in [-0.39, 0.29) is 35.7 Å². The number of hydrogen-bond acceptors (Lipinski definition) is 8. The summed E-state index contributed by atoms with van der Waals surface area (Å²) in [6.07, 6.45) is 4.80. The molecular formula is C38H35F4N3O5. The minimum Gasteiger partial charge on any atom is -0.469 e. The first-order valence-electron chi connectivity index (χ1n) is 16.0. The fraction of sp³-hybridized carbons (Fsp3) is 0.289. The molecule has 0 N–H and O–H groups in total. The fourth-order valence-electron chi connectivity index (χ4n) is 6.24. The van der Waals surface area contributed by atoms with Gasteiger partial charge in [-0.25, -0.2) is 22.4 Å². The number of aliphatic imine (C=N–C) groups is 1. The molecule has 50 heavy (non-hydrogen) atoms. The molecule has 1 aromatic heterocycles. The normalized spacial score (nSPS) is 16.0. The van der Waals surface area contributed by atoms with Crippen LogP contribution >= 0.6 is 0 Å². The van der Waals surface area contributed by atoms with Crippen molar-refractivity contribution in [2.45, 2.75) is 38.3 Å². The van der Waals surface area contributed by atoms with Crippen molar-refractivity contribution in [1.82, 2.24) is 9.88 Å². The summed E-state index contributed by atoms with van der Waals surface area (Å²) in [5, 5.41) is 0. The van der Waals surface area contributed by atoms with Gasteiger partial charge in [-0.3, -0.25) is 24.5 Å². The summed E-state index contributed by atoms with van der Waals surface area (Å²) in [7, 11) is 2.37. The number of aromatic nitrogens is 1. The molecule has 3 heterocycles. The largest absolute Gasteiger partial charge is 0.469 e. The Morgan fingerprint density at radius 3 is 2.18 bits per heavy atom. The third-order valence-corrected chi connectivity index (χ3v) is 8.75. The molecule has 0 spiro atoms. The lowest BCUT2D eigenvalue weighted by molar-refractivity contribution is -0.148. The number of esters is 2. The number of piperidine rings is 1. The molecular weight excluding hydrogens is 654 g/mol. The number of hydrogen-bond donors (Lipinski definition) is 0. The van der Waals surface area contributed by atoms with Crippen molar-refractivity contribution in [2.24, 2.45) is 10.9 Å². The number of carbonyl (C=O) groups excluding carboxylic acids is 3. The van der Waals surface area contributed by atoms with Crippen molar-refractivity contribution in [3.05, 3.63) is 136 Å². The Morgan fingerprint density at radius 1 is 0.880 bits per heavy atom. The van der Waals surface area contributed by atoms with Crippen LogP contribution in [0.2, 0.25) is 0 Å². The van der Waals surface area contributed by atoms with Crippen LogP contribution in [0, 0.1) is 29.2 Å². The fourth-order valence-corrected chi connectivity index (χ4v) is 6.24. The molecule has 0 aliphatic carbocycles. The number of Topliss-reactive ketones (excluding diaryl/α,β-unsaturated/α-hetero) is 1. The molecule has 6 rings (SSSR count). The Bertz CT molecular complexity index is 1860. The molecule has 0 unspecified atom stereocenters. The van der Waals surface area contributed by atoms with Gasteiger partial charge in [0.15, 0.2) is 5.78 Å². The van der Waals surface area contributed by atoms with Crippen LogP contribution in [-0.4, -0.2) is 60.6 Å². The van der Waals surface area contributed by atoms with Gasteiger partial charge in [-0.2, -0.15) is 0 Å². The molecule has 1 fully saturated rings. The zero-order valence-electron chi connectivity index (χ0n) is 27.5. The molecule has 2 aliphatic heterocycles. The SMILES string of the molecule is COC(=O)Cc1c(F)cccc1F.COC(=O)[C@H](c1c(F)cccc1F)N1CCC[C@@H](CC(=O)c2ccc3c(c2)C(c2ccncc2)=NC3)C1. The summed E-state index contributed by atoms with van der Waals surface area (Å²) >= 11 is 0. The van der Waals surface area contributed by atoms with Crippen LogP contribution in [0.25, 0.3) is 0 Å². The van der Waals surface area contributed by atoms with Crippen molar-refractivity contribution < 1.29 is 41.4 Å². The van der Waals surface area contributed by atoms with Gasteiger partial charge in [0, 0.05) is 47.6 Å². The number of ketones is 1. The first kappa shape index (κ1) is 36.1. The highest BCUT2D eigenvalue weighted by atomic mass is 19.1. The molecule has 4 aromatic rings. The predicted octanol–water partition coefficient (Wildman–Crippen LogP) is 6.59. The number of carbonyl (C=O) groups is 3. The van der Waals surface area contributed by atoms with Gasteiger partial charge < -0.3 is 9.47 Å². The van der Waals surface area contributed by atoms with Crippen molar-refractivity contribution in [3.63, 3.8) is 0 Å². The van der Waals surface area contributed by atoms with Crippen LogP contribution in [0.15, 0.2) is 84.1 Å². The molecule has 3 aromatic carbocycles. The number of likely N-dealkylation sites (tertiary alicyclic amines) is 1. The van der Waals surface area contributed by atoms with Gasteiger partial charge in [0.05, 0.1) is 38.5 Å². The lowest BCUT2D eigenvalue weighted by atomic mass is 9.88. The van der Waals surface area contributed by atoms with Crippen molar-refractivity contribution in [2.75, 3.05) is 27.3 Å². The smallest absolute Gasteiger partial charge is 0.327 e. The predicted molar refractivity (Wildman–Crippen MR) is 176 cm³/mol. The maximum absolute atomic E-state index is 14.6. The molecule has 0 amide bonds. The Labute approximate surface area is 286 Å². The van der Waals surface area contributed by atoms with Gasteiger partial charge in [-0.05, 0) is 73.3 Å². The van der Waals surface area contributed by atoms with E-state index in [9.17, 15) is 31.9 Å². The van der Waals surface area contributed by atoms with E-state index in [1.54, 1.807) is 17.3 Å². The Morgan fingerprint density at radius 2 is 1.54 bits per heavy atom. The van der Waals surface area contributed by atoms with Crippen LogP contribution in [-0.2, 0) is 32.0 Å². The summed E-state index contributed by atoms with van der Waals surface area (Å²) in [6.45, 7) is 1.40. The zero-order chi connectivity index (χ0) is 35.8. The molecule has 0 saturated carbocycles. The highest BCUT2D eigenvalue weighted by molar-refractivity contribution is 6.16. The summed E-state index contributed by atoms with van der Waals surface area (Å²) < 4.78 is 64.2. The first-order valence-corrected chi connectivity index (χ1v) is 16.0. The number of rotatable bonds is 9. The molecule has 8 nitrogen and oxygen atoms in total. The van der Waals surface area contributed by atoms with E-state index in [1.165, 1.54) is 26.4 Å². The average molecular weight is 690 g/mol. The van der Waals surface area contributed by atoms with Gasteiger partial charge in [-0.15, -0.1) is 0 Å². The van der Waals surface area contributed by atoms with Gasteiger partial charge in [-0.1, -0.05) is 24.3 Å². The standard InChI is InChI=1S/C29H27F2N3O3.C9H8F2O2/c1-37-29(36)28(26-23(30)5-2-6-24(26)31)34-13-3-4-18(17-34)14-25(35)20-7-8-21-16-33-27(22(21)15-20)19-9-11-32-12-10-19;1-13-9(12)5-6-7(10)3-2-4-8(6)11/h2,5-12,15,18,28H,3-4,13-14,16-17H2,1H3;2-4H,5H2,1H3/t18-,28-;/m0./s1. The zero-order valence-corrected chi connectivity index (χ0v) is 27.5. The number of methoxy groups -OCH3 is 2. The quantitative estimate of drug-likeness (QED) is 0.111. The molecule has 12 heteroatoms. The number of benzene rings is 3. The van der Waals surface area contributed by atoms with E-state index in [2.05, 4.69) is 14.7 Å². The first-order chi connectivity index (χ1) is 24.1. The minimum atomic E-state index is -1.21. The maximum Gasteiger partial charge on any atom is 0.327 e. The van der Waals surface area contributed by atoms with Crippen LogP contribution in [0.1, 0.15) is 63.5 Å². The average Bonchev–Trinajstić information content (AvgIpc) is 3.55. The summed E-state index contributed by atoms with van der Waals surface area (Å²) in [5.41, 5.74) is 3.85. The lowest BCUT2D eigenvalue weighted by Gasteiger charge is -2.37. The number of nitrogens with zero attached hydrogens (tertiary/aromatic N) is 3. The Kier molecular flexibility index (Phi) is 11.9. The van der Waals surface area contributed by atoms with Gasteiger partial charge >= 0.3 is 11.9 Å². The van der Waals surface area contributed by atoms with E-state index in [1.807, 2.05) is 30.3 Å². The van der Waals surface area contributed by atoms with E-state index in [4.69, 9.17) is 4.74 Å². The topological polar surface area (TPSA) is 98.2 Å². The van der Waals surface area contributed by atoms with E-state index >= 15 is 0 Å². The number of pyridine rings is 1. The molecule has 2 aliphatic rings. The lowest BCUT2D eigenvalue weighted by Crippen LogP contribution is -2.43. The third kappa shape index (κ3) is 8.31. The summed E-state index contributed by atoms with van der Waals surface area (Å²) in [4.78, 5) is 47.1. The monoisotopic (exact) mass is 689 g/mol. The highest BCUT2D eigenvalue weighted by Gasteiger charge is 2.36. The Balaban J connectivity index is 0.000000315. The molecule has 260 valence electrons. The van der Waals surface area contributed by atoms with Crippen LogP contribution in [0.4, 0.5) is 17.6 Å². The molecule has 2 atom stereocenters.